The van der Waals surface area contributed by atoms with Gasteiger partial charge in [0.05, 0.1) is 0 Å². The van der Waals surface area contributed by atoms with Crippen LogP contribution in [0.4, 0.5) is 5.95 Å². The van der Waals surface area contributed by atoms with Crippen molar-refractivity contribution in [2.24, 2.45) is 5.73 Å². The fourth-order valence-electron chi connectivity index (χ4n) is 3.10. The highest BCUT2D eigenvalue weighted by molar-refractivity contribution is 5.93. The lowest BCUT2D eigenvalue weighted by molar-refractivity contribution is 0.201. The number of hydrogen-bond acceptors (Lipinski definition) is 5. The third-order valence-electron chi connectivity index (χ3n) is 4.11. The molecule has 0 aliphatic carbocycles. The van der Waals surface area contributed by atoms with Gasteiger partial charge < -0.3 is 10.6 Å². The van der Waals surface area contributed by atoms with Gasteiger partial charge in [0.2, 0.25) is 5.95 Å². The first-order chi connectivity index (χ1) is 9.15. The third kappa shape index (κ3) is 2.28. The number of fused-ring (bicyclic) bond motifs is 1. The van der Waals surface area contributed by atoms with Crippen LogP contribution in [0.2, 0.25) is 0 Å². The van der Waals surface area contributed by atoms with Crippen LogP contribution in [-0.4, -0.2) is 52.4 Å². The van der Waals surface area contributed by atoms with Gasteiger partial charge in [-0.05, 0) is 32.4 Å². The number of nitrogen functional groups attached to an aromatic ring is 1. The van der Waals surface area contributed by atoms with E-state index in [2.05, 4.69) is 26.7 Å². The smallest absolute Gasteiger partial charge is 0.226 e. The molecule has 1 aromatic heterocycles. The first-order valence-electron chi connectivity index (χ1n) is 6.83. The molecule has 6 nitrogen and oxygen atoms in total. The molecule has 2 fully saturated rings. The van der Waals surface area contributed by atoms with Crippen molar-refractivity contribution in [1.29, 1.82) is 5.41 Å². The molecular formula is C13H20N6. The zero-order valence-corrected chi connectivity index (χ0v) is 11.2. The van der Waals surface area contributed by atoms with Crippen molar-refractivity contribution in [2.75, 3.05) is 24.5 Å². The lowest BCUT2D eigenvalue weighted by atomic mass is 10.1. The molecule has 3 N–H and O–H groups in total. The van der Waals surface area contributed by atoms with Crippen LogP contribution < -0.4 is 10.6 Å². The largest absolute Gasteiger partial charge is 0.382 e. The highest BCUT2D eigenvalue weighted by Crippen LogP contribution is 2.26. The highest BCUT2D eigenvalue weighted by Gasteiger charge is 2.35. The summed E-state index contributed by atoms with van der Waals surface area (Å²) in [5.74, 6) is 0.697. The summed E-state index contributed by atoms with van der Waals surface area (Å²) in [6.45, 7) is 5.47. The molecule has 0 saturated carbocycles. The molecule has 0 radical (unpaired) electrons. The summed E-state index contributed by atoms with van der Waals surface area (Å²) in [6, 6.07) is 2.71. The second kappa shape index (κ2) is 4.77. The van der Waals surface area contributed by atoms with Crippen molar-refractivity contribution >= 4 is 11.8 Å². The fourth-order valence-corrected chi connectivity index (χ4v) is 3.10. The molecule has 0 spiro atoms. The Balaban J connectivity index is 1.84. The third-order valence-corrected chi connectivity index (χ3v) is 4.11. The molecule has 19 heavy (non-hydrogen) atoms. The molecule has 3 heterocycles. The number of rotatable bonds is 2. The fraction of sp³-hybridized carbons (Fsp3) is 0.615. The predicted molar refractivity (Wildman–Crippen MR) is 74.5 cm³/mol. The minimum atomic E-state index is -0.00388. The van der Waals surface area contributed by atoms with Gasteiger partial charge in [0.25, 0.3) is 0 Å². The van der Waals surface area contributed by atoms with E-state index >= 15 is 0 Å². The van der Waals surface area contributed by atoms with E-state index in [-0.39, 0.29) is 5.84 Å². The highest BCUT2D eigenvalue weighted by atomic mass is 15.4. The molecule has 2 saturated heterocycles. The summed E-state index contributed by atoms with van der Waals surface area (Å²) < 4.78 is 0. The summed E-state index contributed by atoms with van der Waals surface area (Å²) >= 11 is 0. The maximum Gasteiger partial charge on any atom is 0.226 e. The van der Waals surface area contributed by atoms with Crippen LogP contribution in [0.1, 0.15) is 25.5 Å². The van der Waals surface area contributed by atoms with Gasteiger partial charge >= 0.3 is 0 Å². The zero-order chi connectivity index (χ0) is 13.4. The van der Waals surface area contributed by atoms with Crippen LogP contribution in [0.3, 0.4) is 0 Å². The van der Waals surface area contributed by atoms with Gasteiger partial charge in [0.1, 0.15) is 11.5 Å². The van der Waals surface area contributed by atoms with E-state index in [4.69, 9.17) is 11.1 Å². The molecular weight excluding hydrogens is 240 g/mol. The lowest BCUT2D eigenvalue weighted by Crippen LogP contribution is -2.55. The summed E-state index contributed by atoms with van der Waals surface area (Å²) in [6.07, 6.45) is 4.24. The normalized spacial score (nSPS) is 27.3. The molecule has 0 aromatic carbocycles. The van der Waals surface area contributed by atoms with Gasteiger partial charge in [0.15, 0.2) is 0 Å². The number of aromatic nitrogens is 2. The first kappa shape index (κ1) is 12.3. The number of nitrogens with zero attached hydrogens (tertiary/aromatic N) is 4. The van der Waals surface area contributed by atoms with Crippen molar-refractivity contribution in [1.82, 2.24) is 14.9 Å². The van der Waals surface area contributed by atoms with Crippen molar-refractivity contribution in [3.05, 3.63) is 18.0 Å². The molecule has 0 amide bonds. The number of piperazine rings is 1. The second-order valence-electron chi connectivity index (χ2n) is 5.45. The molecule has 6 heteroatoms. The minimum absolute atomic E-state index is 0.00388. The number of anilines is 1. The van der Waals surface area contributed by atoms with Crippen LogP contribution in [0.15, 0.2) is 12.3 Å². The molecule has 102 valence electrons. The van der Waals surface area contributed by atoms with Gasteiger partial charge in [-0.3, -0.25) is 10.3 Å². The minimum Gasteiger partial charge on any atom is -0.382 e. The van der Waals surface area contributed by atoms with Crippen molar-refractivity contribution < 1.29 is 0 Å². The summed E-state index contributed by atoms with van der Waals surface area (Å²) in [7, 11) is 0. The van der Waals surface area contributed by atoms with E-state index in [0.29, 0.717) is 23.7 Å². The summed E-state index contributed by atoms with van der Waals surface area (Å²) in [5.41, 5.74) is 6.00. The quantitative estimate of drug-likeness (QED) is 0.595. The Hall–Kier alpha value is -1.69. The zero-order valence-electron chi connectivity index (χ0n) is 11.2. The Morgan fingerprint density at radius 1 is 1.47 bits per heavy atom. The summed E-state index contributed by atoms with van der Waals surface area (Å²) in [4.78, 5) is 13.6. The topological polar surface area (TPSA) is 82.1 Å². The predicted octanol–water partition coefficient (Wildman–Crippen LogP) is 0.434. The van der Waals surface area contributed by atoms with E-state index < -0.39 is 0 Å². The van der Waals surface area contributed by atoms with Gasteiger partial charge in [0, 0.05) is 31.4 Å². The Bertz CT molecular complexity index is 488. The molecule has 2 atom stereocenters. The van der Waals surface area contributed by atoms with E-state index in [1.807, 2.05) is 0 Å². The van der Waals surface area contributed by atoms with Gasteiger partial charge in [-0.1, -0.05) is 0 Å². The standard InChI is InChI=1S/C13H20N6/c1-9-7-18-6-2-3-10(18)8-19(9)13-16-5-4-11(17-13)12(14)15/h4-5,9-10H,2-3,6-8H2,1H3,(H3,14,15). The Morgan fingerprint density at radius 3 is 3.11 bits per heavy atom. The number of nitrogens with one attached hydrogen (secondary N) is 1. The van der Waals surface area contributed by atoms with Crippen LogP contribution in [0, 0.1) is 5.41 Å². The number of hydrogen-bond donors (Lipinski definition) is 2. The van der Waals surface area contributed by atoms with Gasteiger partial charge in [-0.25, -0.2) is 9.97 Å². The molecule has 2 unspecified atom stereocenters. The van der Waals surface area contributed by atoms with Crippen molar-refractivity contribution in [2.45, 2.75) is 31.8 Å². The van der Waals surface area contributed by atoms with Crippen LogP contribution >= 0.6 is 0 Å². The Morgan fingerprint density at radius 2 is 2.32 bits per heavy atom. The first-order valence-corrected chi connectivity index (χ1v) is 6.83. The van der Waals surface area contributed by atoms with Crippen LogP contribution in [0.5, 0.6) is 0 Å². The average Bonchev–Trinajstić information content (AvgIpc) is 2.85. The molecule has 2 aliphatic heterocycles. The SMILES string of the molecule is CC1CN2CCCC2CN1c1nccc(C(=N)N)n1. The maximum absolute atomic E-state index is 7.47. The second-order valence-corrected chi connectivity index (χ2v) is 5.45. The molecule has 0 bridgehead atoms. The monoisotopic (exact) mass is 260 g/mol. The van der Waals surface area contributed by atoms with E-state index in [1.165, 1.54) is 19.4 Å². The molecule has 3 rings (SSSR count). The van der Waals surface area contributed by atoms with E-state index in [9.17, 15) is 0 Å². The van der Waals surface area contributed by atoms with Crippen LogP contribution in [-0.2, 0) is 0 Å². The van der Waals surface area contributed by atoms with Gasteiger partial charge in [-0.2, -0.15) is 0 Å². The molecule has 1 aromatic rings. The lowest BCUT2D eigenvalue weighted by Gasteiger charge is -2.42. The number of amidine groups is 1. The van der Waals surface area contributed by atoms with E-state index in [1.54, 1.807) is 12.3 Å². The Kier molecular flexibility index (Phi) is 3.10. The maximum atomic E-state index is 7.47. The Labute approximate surface area is 113 Å². The molecule has 2 aliphatic rings. The van der Waals surface area contributed by atoms with Crippen molar-refractivity contribution in [3.63, 3.8) is 0 Å². The average molecular weight is 260 g/mol. The summed E-state index contributed by atoms with van der Waals surface area (Å²) in [5, 5.41) is 7.47. The van der Waals surface area contributed by atoms with Crippen LogP contribution in [0.25, 0.3) is 0 Å². The van der Waals surface area contributed by atoms with Gasteiger partial charge in [-0.15, -0.1) is 0 Å². The van der Waals surface area contributed by atoms with E-state index in [0.717, 1.165) is 13.1 Å². The van der Waals surface area contributed by atoms with Crippen molar-refractivity contribution in [3.8, 4) is 0 Å². The number of nitrogens with two attached hydrogens (primary N) is 1.